The number of rotatable bonds is 5. The number of nitrogens with two attached hydrogens (primary N) is 1. The summed E-state index contributed by atoms with van der Waals surface area (Å²) in [5.41, 5.74) is 6.41. The molecule has 2 heterocycles. The van der Waals surface area contributed by atoms with E-state index in [1.54, 1.807) is 24.1 Å². The molecule has 0 aromatic carbocycles. The fourth-order valence-corrected chi connectivity index (χ4v) is 4.75. The average molecular weight is 417 g/mol. The summed E-state index contributed by atoms with van der Waals surface area (Å²) in [6.07, 6.45) is 9.85. The molecule has 1 saturated heterocycles. The van der Waals surface area contributed by atoms with Gasteiger partial charge in [-0.05, 0) is 49.8 Å². The molecule has 2 aliphatic rings. The smallest absolute Gasteiger partial charge is 0.327 e. The topological polar surface area (TPSA) is 117 Å². The number of imide groups is 1. The van der Waals surface area contributed by atoms with Gasteiger partial charge in [-0.25, -0.2) is 19.5 Å². The number of likely N-dealkylation sites (tertiary alicyclic amines) is 1. The minimum absolute atomic E-state index is 0.0445. The molecule has 3 atom stereocenters. The van der Waals surface area contributed by atoms with Gasteiger partial charge < -0.3 is 15.7 Å². The zero-order valence-corrected chi connectivity index (χ0v) is 17.8. The van der Waals surface area contributed by atoms with Gasteiger partial charge in [0, 0.05) is 19.3 Å². The van der Waals surface area contributed by atoms with Crippen LogP contribution < -0.4 is 5.73 Å². The fraction of sp³-hybridized carbons (Fsp3) is 0.636. The summed E-state index contributed by atoms with van der Waals surface area (Å²) in [6, 6.07) is 1.60. The van der Waals surface area contributed by atoms with Crippen molar-refractivity contribution in [3.05, 3.63) is 23.9 Å². The average Bonchev–Trinajstić information content (AvgIpc) is 2.68. The van der Waals surface area contributed by atoms with Crippen molar-refractivity contribution >= 4 is 23.7 Å². The Morgan fingerprint density at radius 3 is 2.50 bits per heavy atom. The molecule has 0 spiro atoms. The zero-order valence-electron chi connectivity index (χ0n) is 17.8. The van der Waals surface area contributed by atoms with Crippen molar-refractivity contribution in [3.8, 4) is 0 Å². The largest absolute Gasteiger partial charge is 0.480 e. The summed E-state index contributed by atoms with van der Waals surface area (Å²) in [6.45, 7) is 2.00. The molecular formula is C22H32N4O4. The number of carbonyl (C=O) groups is 3. The maximum absolute atomic E-state index is 13.1. The second kappa shape index (κ2) is 9.45. The number of nitrogen functional groups attached to an aromatic ring is 1. The number of carboxylic acid groups (broad SMARTS) is 1. The monoisotopic (exact) mass is 416 g/mol. The van der Waals surface area contributed by atoms with Gasteiger partial charge in [-0.3, -0.25) is 4.79 Å². The van der Waals surface area contributed by atoms with Crippen LogP contribution in [0.4, 0.5) is 10.6 Å². The lowest BCUT2D eigenvalue weighted by atomic mass is 9.82. The molecule has 0 radical (unpaired) electrons. The summed E-state index contributed by atoms with van der Waals surface area (Å²) in [5, 5.41) is 9.71. The third-order valence-corrected chi connectivity index (χ3v) is 6.72. The van der Waals surface area contributed by atoms with Crippen molar-refractivity contribution in [2.75, 3.05) is 12.8 Å². The van der Waals surface area contributed by atoms with Gasteiger partial charge in [0.1, 0.15) is 5.82 Å². The maximum Gasteiger partial charge on any atom is 0.327 e. The van der Waals surface area contributed by atoms with Crippen molar-refractivity contribution in [3.63, 3.8) is 0 Å². The molecule has 1 aromatic rings. The van der Waals surface area contributed by atoms with Crippen LogP contribution >= 0.6 is 0 Å². The summed E-state index contributed by atoms with van der Waals surface area (Å²) in [4.78, 5) is 44.1. The van der Waals surface area contributed by atoms with E-state index in [9.17, 15) is 19.5 Å². The number of urea groups is 1. The van der Waals surface area contributed by atoms with E-state index in [2.05, 4.69) is 4.98 Å². The highest BCUT2D eigenvalue weighted by atomic mass is 16.4. The normalized spacial score (nSPS) is 23.8. The number of nitrogens with zero attached hydrogens (tertiary/aromatic N) is 3. The quantitative estimate of drug-likeness (QED) is 0.713. The van der Waals surface area contributed by atoms with Gasteiger partial charge in [-0.2, -0.15) is 0 Å². The van der Waals surface area contributed by atoms with Crippen LogP contribution in [0.5, 0.6) is 0 Å². The van der Waals surface area contributed by atoms with E-state index in [1.165, 1.54) is 25.5 Å². The Kier molecular flexibility index (Phi) is 6.95. The van der Waals surface area contributed by atoms with Crippen molar-refractivity contribution in [2.45, 2.75) is 70.4 Å². The summed E-state index contributed by atoms with van der Waals surface area (Å²) in [7, 11) is 1.68. The van der Waals surface area contributed by atoms with Crippen LogP contribution in [0.2, 0.25) is 0 Å². The molecular weight excluding hydrogens is 384 g/mol. The lowest BCUT2D eigenvalue weighted by molar-refractivity contribution is -0.166. The van der Waals surface area contributed by atoms with Gasteiger partial charge in [0.2, 0.25) is 5.91 Å². The van der Waals surface area contributed by atoms with Gasteiger partial charge >= 0.3 is 12.0 Å². The predicted octanol–water partition coefficient (Wildman–Crippen LogP) is 2.92. The van der Waals surface area contributed by atoms with Gasteiger partial charge in [0.15, 0.2) is 6.04 Å². The van der Waals surface area contributed by atoms with Gasteiger partial charge in [0.25, 0.3) is 0 Å². The first-order valence-electron chi connectivity index (χ1n) is 10.8. The fourth-order valence-electron chi connectivity index (χ4n) is 4.75. The molecule has 3 N–H and O–H groups in total. The number of anilines is 1. The number of aliphatic carboxylic acids is 1. The third-order valence-electron chi connectivity index (χ3n) is 6.72. The first kappa shape index (κ1) is 22.1. The van der Waals surface area contributed by atoms with Crippen LogP contribution in [-0.4, -0.2) is 56.9 Å². The number of hydrogen-bond donors (Lipinski definition) is 2. The van der Waals surface area contributed by atoms with Crippen LogP contribution in [0.25, 0.3) is 0 Å². The van der Waals surface area contributed by atoms with Crippen LogP contribution in [0.1, 0.15) is 57.4 Å². The van der Waals surface area contributed by atoms with Gasteiger partial charge in [-0.15, -0.1) is 0 Å². The Morgan fingerprint density at radius 1 is 1.27 bits per heavy atom. The van der Waals surface area contributed by atoms with Crippen molar-refractivity contribution in [2.24, 2.45) is 11.8 Å². The molecule has 1 aliphatic heterocycles. The first-order valence-corrected chi connectivity index (χ1v) is 10.8. The maximum atomic E-state index is 13.1. The Balaban J connectivity index is 1.69. The van der Waals surface area contributed by atoms with Crippen LogP contribution in [0.15, 0.2) is 18.3 Å². The number of carbonyl (C=O) groups excluding carboxylic acids is 2. The molecule has 164 valence electrons. The van der Waals surface area contributed by atoms with E-state index in [4.69, 9.17) is 5.73 Å². The standard InChI is InChI=1S/C22H32N4O4/c1-14(16-8-6-4-3-5-7-9-16)25(2)22(30)26-19(21(28)29)17(20(26)27)12-15-10-11-24-18(23)13-15/h10-11,13-14,16-17,19H,3-9,12H2,1-2H3,(H2,23,24)(H,28,29)/t14-,17-,19+/m1/s1. The first-order chi connectivity index (χ1) is 14.3. The minimum atomic E-state index is -1.16. The van der Waals surface area contributed by atoms with Crippen LogP contribution in [-0.2, 0) is 16.0 Å². The van der Waals surface area contributed by atoms with Crippen molar-refractivity contribution < 1.29 is 19.5 Å². The number of amides is 3. The van der Waals surface area contributed by atoms with Gasteiger partial charge in [-0.1, -0.05) is 32.1 Å². The Bertz CT molecular complexity index is 791. The number of β-lactam (4-membered cyclic amide) rings is 1. The zero-order chi connectivity index (χ0) is 21.8. The molecule has 30 heavy (non-hydrogen) atoms. The molecule has 0 unspecified atom stereocenters. The SMILES string of the molecule is C[C@H](C1CCCCCCC1)N(C)C(=O)N1C(=O)[C@H](Cc2ccnc(N)c2)[C@H]1C(=O)O. The molecule has 0 bridgehead atoms. The van der Waals surface area contributed by atoms with E-state index in [0.29, 0.717) is 11.7 Å². The summed E-state index contributed by atoms with van der Waals surface area (Å²) in [5.74, 6) is -1.71. The van der Waals surface area contributed by atoms with Crippen molar-refractivity contribution in [1.82, 2.24) is 14.8 Å². The second-order valence-electron chi connectivity index (χ2n) is 8.63. The predicted molar refractivity (Wildman–Crippen MR) is 113 cm³/mol. The highest BCUT2D eigenvalue weighted by molar-refractivity contribution is 6.07. The van der Waals surface area contributed by atoms with Gasteiger partial charge in [0.05, 0.1) is 5.92 Å². The lowest BCUT2D eigenvalue weighted by Gasteiger charge is -2.46. The second-order valence-corrected chi connectivity index (χ2v) is 8.63. The van der Waals surface area contributed by atoms with E-state index < -0.39 is 29.9 Å². The number of carboxylic acids is 1. The Labute approximate surface area is 177 Å². The lowest BCUT2D eigenvalue weighted by Crippen LogP contribution is -2.69. The minimum Gasteiger partial charge on any atom is -0.480 e. The van der Waals surface area contributed by atoms with E-state index in [0.717, 1.165) is 36.1 Å². The molecule has 8 nitrogen and oxygen atoms in total. The Morgan fingerprint density at radius 2 is 1.90 bits per heavy atom. The molecule has 1 aromatic heterocycles. The summed E-state index contributed by atoms with van der Waals surface area (Å²) >= 11 is 0. The summed E-state index contributed by atoms with van der Waals surface area (Å²) < 4.78 is 0. The van der Waals surface area contributed by atoms with Crippen LogP contribution in [0, 0.1) is 11.8 Å². The molecule has 8 heteroatoms. The molecule has 1 aliphatic carbocycles. The molecule has 1 saturated carbocycles. The highest BCUT2D eigenvalue weighted by Gasteiger charge is 2.55. The number of pyridine rings is 1. The number of aromatic nitrogens is 1. The van der Waals surface area contributed by atoms with Crippen LogP contribution in [0.3, 0.4) is 0 Å². The van der Waals surface area contributed by atoms with E-state index in [1.807, 2.05) is 6.92 Å². The molecule has 3 rings (SSSR count). The highest BCUT2D eigenvalue weighted by Crippen LogP contribution is 2.33. The molecule has 3 amide bonds. The van der Waals surface area contributed by atoms with E-state index >= 15 is 0 Å². The molecule has 2 fully saturated rings. The Hall–Kier alpha value is -2.64. The van der Waals surface area contributed by atoms with Crippen molar-refractivity contribution in [1.29, 1.82) is 0 Å². The van der Waals surface area contributed by atoms with E-state index in [-0.39, 0.29) is 12.5 Å². The number of hydrogen-bond acceptors (Lipinski definition) is 5. The third kappa shape index (κ3) is 4.57.